The Bertz CT molecular complexity index is 869. The van der Waals surface area contributed by atoms with Crippen molar-refractivity contribution in [1.29, 1.82) is 0 Å². The first-order valence-electron chi connectivity index (χ1n) is 7.51. The Labute approximate surface area is 143 Å². The fraction of sp³-hybridized carbons (Fsp3) is 0.105. The van der Waals surface area contributed by atoms with Crippen LogP contribution in [0.4, 0.5) is 10.1 Å². The summed E-state index contributed by atoms with van der Waals surface area (Å²) in [5, 5.41) is 0. The molecule has 5 nitrogen and oxygen atoms in total. The molecule has 0 spiro atoms. The van der Waals surface area contributed by atoms with Crippen molar-refractivity contribution < 1.29 is 23.5 Å². The van der Waals surface area contributed by atoms with Gasteiger partial charge in [0.15, 0.2) is 0 Å². The Morgan fingerprint density at radius 2 is 1.72 bits per heavy atom. The zero-order valence-electron chi connectivity index (χ0n) is 13.4. The maximum Gasteiger partial charge on any atom is 0.337 e. The zero-order chi connectivity index (χ0) is 18.0. The average Bonchev–Trinajstić information content (AvgIpc) is 2.89. The molecule has 0 saturated carbocycles. The number of amides is 2. The van der Waals surface area contributed by atoms with Gasteiger partial charge >= 0.3 is 5.97 Å². The van der Waals surface area contributed by atoms with E-state index in [0.29, 0.717) is 22.4 Å². The van der Waals surface area contributed by atoms with E-state index in [0.717, 1.165) is 4.90 Å². The van der Waals surface area contributed by atoms with E-state index in [9.17, 15) is 18.8 Å². The lowest BCUT2D eigenvalue weighted by atomic mass is 10.1. The molecule has 2 aromatic rings. The first-order valence-corrected chi connectivity index (χ1v) is 7.51. The van der Waals surface area contributed by atoms with Crippen LogP contribution >= 0.6 is 0 Å². The second-order valence-corrected chi connectivity index (χ2v) is 5.47. The molecule has 1 aliphatic rings. The van der Waals surface area contributed by atoms with Crippen molar-refractivity contribution in [2.24, 2.45) is 0 Å². The minimum absolute atomic E-state index is 0.0328. The lowest BCUT2D eigenvalue weighted by molar-refractivity contribution is -0.120. The van der Waals surface area contributed by atoms with Crippen molar-refractivity contribution in [3.05, 3.63) is 71.0 Å². The highest BCUT2D eigenvalue weighted by atomic mass is 19.1. The SMILES string of the molecule is COC(=O)c1ccc(/C=C2\CC(=O)N(c3ccc(F)cc3)C2=O)cc1. The number of hydrogen-bond donors (Lipinski definition) is 0. The number of imide groups is 1. The third-order valence-electron chi connectivity index (χ3n) is 3.83. The Morgan fingerprint density at radius 3 is 2.32 bits per heavy atom. The van der Waals surface area contributed by atoms with Crippen LogP contribution in [0.1, 0.15) is 22.3 Å². The number of benzene rings is 2. The highest BCUT2D eigenvalue weighted by molar-refractivity contribution is 6.29. The van der Waals surface area contributed by atoms with Crippen molar-refractivity contribution >= 4 is 29.5 Å². The predicted molar refractivity (Wildman–Crippen MR) is 89.3 cm³/mol. The third-order valence-corrected chi connectivity index (χ3v) is 3.83. The molecule has 0 atom stereocenters. The van der Waals surface area contributed by atoms with Crippen LogP contribution in [0.25, 0.3) is 6.08 Å². The van der Waals surface area contributed by atoms with Gasteiger partial charge in [-0.15, -0.1) is 0 Å². The molecule has 1 saturated heterocycles. The van der Waals surface area contributed by atoms with Gasteiger partial charge < -0.3 is 4.74 Å². The highest BCUT2D eigenvalue weighted by Gasteiger charge is 2.34. The second kappa shape index (κ2) is 6.68. The Balaban J connectivity index is 1.85. The Kier molecular flexibility index (Phi) is 4.43. The topological polar surface area (TPSA) is 63.7 Å². The summed E-state index contributed by atoms with van der Waals surface area (Å²) in [5.41, 5.74) is 1.75. The second-order valence-electron chi connectivity index (χ2n) is 5.47. The van der Waals surface area contributed by atoms with Gasteiger partial charge in [-0.3, -0.25) is 9.59 Å². The fourth-order valence-corrected chi connectivity index (χ4v) is 2.57. The van der Waals surface area contributed by atoms with Gasteiger partial charge in [-0.2, -0.15) is 0 Å². The number of carbonyl (C=O) groups excluding carboxylic acids is 3. The van der Waals surface area contributed by atoms with Gasteiger partial charge in [-0.1, -0.05) is 12.1 Å². The number of nitrogens with zero attached hydrogens (tertiary/aromatic N) is 1. The van der Waals surface area contributed by atoms with Gasteiger partial charge in [0, 0.05) is 5.57 Å². The first kappa shape index (κ1) is 16.6. The van der Waals surface area contributed by atoms with Gasteiger partial charge in [0.1, 0.15) is 5.82 Å². The molecule has 0 aliphatic carbocycles. The fourth-order valence-electron chi connectivity index (χ4n) is 2.57. The smallest absolute Gasteiger partial charge is 0.337 e. The molecule has 6 heteroatoms. The number of rotatable bonds is 3. The molecule has 0 unspecified atom stereocenters. The molecule has 126 valence electrons. The lowest BCUT2D eigenvalue weighted by Gasteiger charge is -2.13. The van der Waals surface area contributed by atoms with Crippen LogP contribution < -0.4 is 4.90 Å². The number of anilines is 1. The summed E-state index contributed by atoms with van der Waals surface area (Å²) < 4.78 is 17.6. The van der Waals surface area contributed by atoms with Crippen LogP contribution in [-0.2, 0) is 14.3 Å². The van der Waals surface area contributed by atoms with Crippen LogP contribution in [0.2, 0.25) is 0 Å². The predicted octanol–water partition coefficient (Wildman–Crippen LogP) is 2.96. The van der Waals surface area contributed by atoms with Gasteiger partial charge in [-0.05, 0) is 48.0 Å². The molecule has 1 fully saturated rings. The highest BCUT2D eigenvalue weighted by Crippen LogP contribution is 2.27. The van der Waals surface area contributed by atoms with Crippen molar-refractivity contribution in [3.63, 3.8) is 0 Å². The summed E-state index contributed by atoms with van der Waals surface area (Å²) in [6.45, 7) is 0. The Morgan fingerprint density at radius 1 is 1.08 bits per heavy atom. The molecule has 2 amide bonds. The van der Waals surface area contributed by atoms with E-state index in [-0.39, 0.29) is 12.3 Å². The molecule has 1 heterocycles. The van der Waals surface area contributed by atoms with E-state index in [2.05, 4.69) is 4.74 Å². The maximum atomic E-state index is 13.0. The monoisotopic (exact) mass is 339 g/mol. The van der Waals surface area contributed by atoms with Crippen LogP contribution in [0.15, 0.2) is 54.1 Å². The number of hydrogen-bond acceptors (Lipinski definition) is 4. The van der Waals surface area contributed by atoms with Crippen molar-refractivity contribution in [2.45, 2.75) is 6.42 Å². The lowest BCUT2D eigenvalue weighted by Crippen LogP contribution is -2.28. The van der Waals surface area contributed by atoms with Crippen LogP contribution in [0.3, 0.4) is 0 Å². The van der Waals surface area contributed by atoms with E-state index in [4.69, 9.17) is 0 Å². The molecule has 0 bridgehead atoms. The zero-order valence-corrected chi connectivity index (χ0v) is 13.4. The van der Waals surface area contributed by atoms with E-state index >= 15 is 0 Å². The largest absolute Gasteiger partial charge is 0.465 e. The van der Waals surface area contributed by atoms with Gasteiger partial charge in [0.25, 0.3) is 5.91 Å². The molecular formula is C19H14FNO4. The number of esters is 1. The first-order chi connectivity index (χ1) is 12.0. The quantitative estimate of drug-likeness (QED) is 0.490. The van der Waals surface area contributed by atoms with Crippen molar-refractivity contribution in [1.82, 2.24) is 0 Å². The number of methoxy groups -OCH3 is 1. The number of ether oxygens (including phenoxy) is 1. The summed E-state index contributed by atoms with van der Waals surface area (Å²) >= 11 is 0. The molecule has 2 aromatic carbocycles. The summed E-state index contributed by atoms with van der Waals surface area (Å²) in [7, 11) is 1.30. The van der Waals surface area contributed by atoms with E-state index < -0.39 is 17.7 Å². The van der Waals surface area contributed by atoms with E-state index in [1.54, 1.807) is 30.3 Å². The maximum absolute atomic E-state index is 13.0. The number of halogens is 1. The summed E-state index contributed by atoms with van der Waals surface area (Å²) in [5.74, 6) is -1.69. The van der Waals surface area contributed by atoms with Crippen molar-refractivity contribution in [2.75, 3.05) is 12.0 Å². The molecule has 3 rings (SSSR count). The van der Waals surface area contributed by atoms with Gasteiger partial charge in [-0.25, -0.2) is 14.1 Å². The molecule has 25 heavy (non-hydrogen) atoms. The molecule has 1 aliphatic heterocycles. The van der Waals surface area contributed by atoms with E-state index in [1.165, 1.54) is 31.4 Å². The van der Waals surface area contributed by atoms with Gasteiger partial charge in [0.05, 0.1) is 24.8 Å². The van der Waals surface area contributed by atoms with Crippen molar-refractivity contribution in [3.8, 4) is 0 Å². The van der Waals surface area contributed by atoms with Crippen LogP contribution in [-0.4, -0.2) is 24.9 Å². The van der Waals surface area contributed by atoms with E-state index in [1.807, 2.05) is 0 Å². The number of carbonyl (C=O) groups is 3. The summed E-state index contributed by atoms with van der Waals surface area (Å²) in [4.78, 5) is 37.1. The van der Waals surface area contributed by atoms with Crippen LogP contribution in [0.5, 0.6) is 0 Å². The minimum Gasteiger partial charge on any atom is -0.465 e. The molecule has 0 radical (unpaired) electrons. The minimum atomic E-state index is -0.450. The molecule has 0 aromatic heterocycles. The summed E-state index contributed by atoms with van der Waals surface area (Å²) in [6, 6.07) is 11.7. The normalized spacial score (nSPS) is 15.8. The molecule has 0 N–H and O–H groups in total. The van der Waals surface area contributed by atoms with Crippen LogP contribution in [0, 0.1) is 5.82 Å². The Hall–Kier alpha value is -3.28. The average molecular weight is 339 g/mol. The summed E-state index contributed by atoms with van der Waals surface area (Å²) in [6.07, 6.45) is 1.57. The van der Waals surface area contributed by atoms with Gasteiger partial charge in [0.2, 0.25) is 5.91 Å². The standard InChI is InChI=1S/C19H14FNO4/c1-25-19(24)13-4-2-12(3-5-13)10-14-11-17(22)21(18(14)23)16-8-6-15(20)7-9-16/h2-10H,11H2,1H3/b14-10+. The third kappa shape index (κ3) is 3.33. The molecular weight excluding hydrogens is 325 g/mol.